The third kappa shape index (κ3) is 4.39. The van der Waals surface area contributed by atoms with Crippen LogP contribution in [-0.2, 0) is 4.74 Å². The minimum absolute atomic E-state index is 0.267. The first-order chi connectivity index (χ1) is 7.81. The molecule has 0 radical (unpaired) electrons. The van der Waals surface area contributed by atoms with Gasteiger partial charge in [-0.05, 0) is 20.8 Å². The molecule has 0 bridgehead atoms. The Morgan fingerprint density at radius 3 is 2.59 bits per heavy atom. The first-order valence-electron chi connectivity index (χ1n) is 4.99. The summed E-state index contributed by atoms with van der Waals surface area (Å²) >= 11 is 1.16. The Morgan fingerprint density at radius 2 is 2.06 bits per heavy atom. The Hall–Kier alpha value is -1.63. The molecular weight excluding hydrogens is 242 g/mol. The van der Waals surface area contributed by atoms with Gasteiger partial charge in [-0.25, -0.2) is 9.78 Å². The summed E-state index contributed by atoms with van der Waals surface area (Å²) < 4.78 is 5.05. The van der Waals surface area contributed by atoms with Gasteiger partial charge in [-0.2, -0.15) is 0 Å². The predicted octanol–water partition coefficient (Wildman–Crippen LogP) is 1.85. The Kier molecular flexibility index (Phi) is 4.06. The number of ether oxygens (including phenoxy) is 1. The molecule has 1 aromatic rings. The fourth-order valence-electron chi connectivity index (χ4n) is 0.954. The van der Waals surface area contributed by atoms with E-state index in [4.69, 9.17) is 4.74 Å². The van der Waals surface area contributed by atoms with E-state index in [9.17, 15) is 9.59 Å². The minimum Gasteiger partial charge on any atom is -0.444 e. The number of nitrogens with zero attached hydrogens (tertiary/aromatic N) is 1. The summed E-state index contributed by atoms with van der Waals surface area (Å²) in [6.45, 7) is 5.30. The highest BCUT2D eigenvalue weighted by Crippen LogP contribution is 2.16. The zero-order valence-electron chi connectivity index (χ0n) is 10.2. The van der Waals surface area contributed by atoms with E-state index in [1.54, 1.807) is 26.2 Å². The maximum Gasteiger partial charge on any atom is 0.413 e. The second-order valence-corrected chi connectivity index (χ2v) is 5.10. The molecular formula is C10H15N3O3S. The number of nitrogens with one attached hydrogen (secondary N) is 2. The summed E-state index contributed by atoms with van der Waals surface area (Å²) in [5, 5.41) is 6.80. The van der Waals surface area contributed by atoms with Crippen molar-refractivity contribution >= 4 is 28.5 Å². The lowest BCUT2D eigenvalue weighted by Gasteiger charge is -2.18. The average Bonchev–Trinajstić information content (AvgIpc) is 2.62. The smallest absolute Gasteiger partial charge is 0.413 e. The van der Waals surface area contributed by atoms with E-state index >= 15 is 0 Å². The molecule has 1 rings (SSSR count). The van der Waals surface area contributed by atoms with E-state index < -0.39 is 11.7 Å². The largest absolute Gasteiger partial charge is 0.444 e. The number of carbonyl (C=O) groups excluding carboxylic acids is 2. The maximum atomic E-state index is 11.4. The van der Waals surface area contributed by atoms with Crippen LogP contribution >= 0.6 is 11.3 Å². The first-order valence-corrected chi connectivity index (χ1v) is 5.87. The molecule has 0 saturated carbocycles. The van der Waals surface area contributed by atoms with Crippen molar-refractivity contribution in [1.82, 2.24) is 10.3 Å². The number of anilines is 1. The lowest BCUT2D eigenvalue weighted by Crippen LogP contribution is -2.27. The maximum absolute atomic E-state index is 11.4. The van der Waals surface area contributed by atoms with Gasteiger partial charge in [0.25, 0.3) is 5.91 Å². The number of rotatable bonds is 2. The Bertz CT molecular complexity index is 423. The summed E-state index contributed by atoms with van der Waals surface area (Å²) in [4.78, 5) is 26.6. The molecule has 0 unspecified atom stereocenters. The van der Waals surface area contributed by atoms with E-state index in [0.29, 0.717) is 5.13 Å². The van der Waals surface area contributed by atoms with Crippen LogP contribution in [0.25, 0.3) is 0 Å². The molecule has 94 valence electrons. The van der Waals surface area contributed by atoms with Gasteiger partial charge in [0.15, 0.2) is 5.13 Å². The normalized spacial score (nSPS) is 10.8. The fraction of sp³-hybridized carbons (Fsp3) is 0.500. The molecule has 0 saturated heterocycles. The molecule has 6 nitrogen and oxygen atoms in total. The molecule has 0 atom stereocenters. The highest BCUT2D eigenvalue weighted by Gasteiger charge is 2.17. The summed E-state index contributed by atoms with van der Waals surface area (Å²) in [6, 6.07) is 0. The third-order valence-electron chi connectivity index (χ3n) is 1.57. The number of aromatic nitrogens is 1. The second kappa shape index (κ2) is 5.13. The van der Waals surface area contributed by atoms with Crippen LogP contribution < -0.4 is 10.6 Å². The lowest BCUT2D eigenvalue weighted by atomic mass is 10.2. The quantitative estimate of drug-likeness (QED) is 0.847. The van der Waals surface area contributed by atoms with Gasteiger partial charge < -0.3 is 10.1 Å². The van der Waals surface area contributed by atoms with E-state index in [1.807, 2.05) is 0 Å². The van der Waals surface area contributed by atoms with Gasteiger partial charge in [0.05, 0.1) is 0 Å². The second-order valence-electron chi connectivity index (χ2n) is 4.24. The Labute approximate surface area is 103 Å². The van der Waals surface area contributed by atoms with Crippen molar-refractivity contribution in [3.05, 3.63) is 11.1 Å². The van der Waals surface area contributed by atoms with E-state index in [1.165, 1.54) is 7.05 Å². The molecule has 2 N–H and O–H groups in total. The van der Waals surface area contributed by atoms with Gasteiger partial charge in [0.2, 0.25) is 0 Å². The van der Waals surface area contributed by atoms with Crippen molar-refractivity contribution in [2.24, 2.45) is 0 Å². The fourth-order valence-corrected chi connectivity index (χ4v) is 1.63. The number of hydrogen-bond acceptors (Lipinski definition) is 5. The molecule has 2 amide bonds. The Balaban J connectivity index is 2.61. The van der Waals surface area contributed by atoms with E-state index in [-0.39, 0.29) is 11.6 Å². The number of carbonyl (C=O) groups is 2. The van der Waals surface area contributed by atoms with Crippen LogP contribution in [0.3, 0.4) is 0 Å². The third-order valence-corrected chi connectivity index (χ3v) is 2.33. The molecule has 0 spiro atoms. The van der Waals surface area contributed by atoms with Crippen molar-refractivity contribution in [3.63, 3.8) is 0 Å². The molecule has 0 aliphatic heterocycles. The summed E-state index contributed by atoms with van der Waals surface area (Å²) in [7, 11) is 1.52. The molecule has 1 aromatic heterocycles. The Morgan fingerprint density at radius 1 is 1.41 bits per heavy atom. The molecule has 17 heavy (non-hydrogen) atoms. The molecule has 0 aromatic carbocycles. The van der Waals surface area contributed by atoms with Crippen molar-refractivity contribution in [1.29, 1.82) is 0 Å². The van der Waals surface area contributed by atoms with Gasteiger partial charge in [0, 0.05) is 12.4 Å². The highest BCUT2D eigenvalue weighted by atomic mass is 32.1. The van der Waals surface area contributed by atoms with Gasteiger partial charge in [0.1, 0.15) is 11.3 Å². The summed E-state index contributed by atoms with van der Waals surface area (Å²) in [5.41, 5.74) is -0.297. The highest BCUT2D eigenvalue weighted by molar-refractivity contribution is 7.14. The van der Waals surface area contributed by atoms with Crippen LogP contribution in [0.1, 0.15) is 31.3 Å². The van der Waals surface area contributed by atoms with Crippen LogP contribution in [0.2, 0.25) is 0 Å². The number of thiazole rings is 1. The zero-order valence-corrected chi connectivity index (χ0v) is 11.0. The molecule has 0 fully saturated rings. The number of hydrogen-bond donors (Lipinski definition) is 2. The van der Waals surface area contributed by atoms with Crippen LogP contribution in [0.4, 0.5) is 9.93 Å². The predicted molar refractivity (Wildman–Crippen MR) is 65.4 cm³/mol. The van der Waals surface area contributed by atoms with E-state index in [0.717, 1.165) is 11.3 Å². The average molecular weight is 257 g/mol. The summed E-state index contributed by atoms with van der Waals surface area (Å²) in [6.07, 6.45) is -0.588. The van der Waals surface area contributed by atoms with Crippen LogP contribution in [0.5, 0.6) is 0 Å². The van der Waals surface area contributed by atoms with Gasteiger partial charge >= 0.3 is 6.09 Å². The van der Waals surface area contributed by atoms with Crippen LogP contribution in [-0.4, -0.2) is 29.6 Å². The number of amides is 2. The van der Waals surface area contributed by atoms with Gasteiger partial charge in [-0.3, -0.25) is 10.1 Å². The van der Waals surface area contributed by atoms with Crippen molar-refractivity contribution in [2.45, 2.75) is 26.4 Å². The van der Waals surface area contributed by atoms with Crippen LogP contribution in [0.15, 0.2) is 5.38 Å². The summed E-state index contributed by atoms with van der Waals surface area (Å²) in [5.74, 6) is -0.293. The zero-order chi connectivity index (χ0) is 13.1. The van der Waals surface area contributed by atoms with Crippen LogP contribution in [0, 0.1) is 0 Å². The van der Waals surface area contributed by atoms with Gasteiger partial charge in [-0.1, -0.05) is 0 Å². The van der Waals surface area contributed by atoms with Crippen molar-refractivity contribution < 1.29 is 14.3 Å². The topological polar surface area (TPSA) is 80.3 Å². The van der Waals surface area contributed by atoms with E-state index in [2.05, 4.69) is 15.6 Å². The monoisotopic (exact) mass is 257 g/mol. The molecule has 1 heterocycles. The molecule has 0 aliphatic rings. The first kappa shape index (κ1) is 13.4. The standard InChI is InChI=1S/C10H15N3O3S/c1-10(2,3)16-9(15)13-8-12-6(5-17-8)7(14)11-4/h5H,1-4H3,(H,11,14)(H,12,13,15). The molecule has 0 aliphatic carbocycles. The SMILES string of the molecule is CNC(=O)c1csc(NC(=O)OC(C)(C)C)n1. The van der Waals surface area contributed by atoms with Crippen molar-refractivity contribution in [2.75, 3.05) is 12.4 Å². The molecule has 7 heteroatoms. The van der Waals surface area contributed by atoms with Crippen molar-refractivity contribution in [3.8, 4) is 0 Å². The lowest BCUT2D eigenvalue weighted by molar-refractivity contribution is 0.0635. The minimum atomic E-state index is -0.588. The van der Waals surface area contributed by atoms with Gasteiger partial charge in [-0.15, -0.1) is 11.3 Å².